The van der Waals surface area contributed by atoms with Gasteiger partial charge in [0.2, 0.25) is 0 Å². The van der Waals surface area contributed by atoms with Gasteiger partial charge >= 0.3 is 0 Å². The third-order valence-electron chi connectivity index (χ3n) is 1.21. The van der Waals surface area contributed by atoms with Crippen molar-refractivity contribution in [2.75, 3.05) is 0 Å². The Labute approximate surface area is 74.1 Å². The van der Waals surface area contributed by atoms with Gasteiger partial charge in [0.1, 0.15) is 0 Å². The van der Waals surface area contributed by atoms with Crippen LogP contribution >= 0.6 is 22.6 Å². The normalized spacial score (nSPS) is 12.0. The highest BCUT2D eigenvalue weighted by Gasteiger charge is 2.21. The number of aromatic nitrogens is 1. The van der Waals surface area contributed by atoms with Gasteiger partial charge < -0.3 is 4.52 Å². The zero-order valence-corrected chi connectivity index (χ0v) is 8.47. The van der Waals surface area contributed by atoms with Crippen LogP contribution in [-0.2, 0) is 5.41 Å². The molecule has 0 bridgehead atoms. The molecule has 1 heterocycles. The van der Waals surface area contributed by atoms with E-state index in [0.29, 0.717) is 0 Å². The molecule has 0 spiro atoms. The zero-order valence-electron chi connectivity index (χ0n) is 6.31. The maximum absolute atomic E-state index is 5.07. The molecule has 0 aromatic carbocycles. The lowest BCUT2D eigenvalue weighted by atomic mass is 9.94. The molecule has 1 aromatic heterocycles. The Morgan fingerprint density at radius 1 is 1.50 bits per heavy atom. The van der Waals surface area contributed by atoms with Crippen molar-refractivity contribution in [3.8, 4) is 0 Å². The van der Waals surface area contributed by atoms with Crippen molar-refractivity contribution in [3.05, 3.63) is 15.5 Å². The van der Waals surface area contributed by atoms with E-state index in [9.17, 15) is 0 Å². The Hall–Kier alpha value is -0.0600. The van der Waals surface area contributed by atoms with Crippen LogP contribution in [0.5, 0.6) is 0 Å². The van der Waals surface area contributed by atoms with Crippen molar-refractivity contribution in [2.45, 2.75) is 26.2 Å². The molecule has 0 aliphatic rings. The number of hydrogen-bond donors (Lipinski definition) is 0. The van der Waals surface area contributed by atoms with Crippen LogP contribution in [0.4, 0.5) is 0 Å². The van der Waals surface area contributed by atoms with E-state index in [1.54, 1.807) is 6.20 Å². The van der Waals surface area contributed by atoms with E-state index in [1.807, 2.05) is 0 Å². The molecule has 1 rings (SSSR count). The van der Waals surface area contributed by atoms with Gasteiger partial charge in [-0.15, -0.1) is 0 Å². The Bertz CT molecular complexity index is 224. The van der Waals surface area contributed by atoms with Crippen LogP contribution in [0.3, 0.4) is 0 Å². The van der Waals surface area contributed by atoms with Crippen LogP contribution in [0.1, 0.15) is 26.5 Å². The van der Waals surface area contributed by atoms with E-state index in [1.165, 1.54) is 0 Å². The Balaban J connectivity index is 3.05. The third kappa shape index (κ3) is 1.51. The van der Waals surface area contributed by atoms with Gasteiger partial charge in [0, 0.05) is 5.41 Å². The van der Waals surface area contributed by atoms with Crippen LogP contribution in [0.25, 0.3) is 0 Å². The highest BCUT2D eigenvalue weighted by atomic mass is 127. The van der Waals surface area contributed by atoms with E-state index in [4.69, 9.17) is 4.52 Å². The summed E-state index contributed by atoms with van der Waals surface area (Å²) in [5.74, 6) is 0.966. The summed E-state index contributed by atoms with van der Waals surface area (Å²) >= 11 is 2.22. The van der Waals surface area contributed by atoms with E-state index >= 15 is 0 Å². The molecule has 0 aliphatic carbocycles. The van der Waals surface area contributed by atoms with Crippen LogP contribution in [0, 0.1) is 3.57 Å². The second-order valence-electron chi connectivity index (χ2n) is 3.25. The average Bonchev–Trinajstić information content (AvgIpc) is 2.11. The fraction of sp³-hybridized carbons (Fsp3) is 0.571. The highest BCUT2D eigenvalue weighted by Crippen LogP contribution is 2.26. The van der Waals surface area contributed by atoms with Gasteiger partial charge in [-0.3, -0.25) is 0 Å². The predicted molar refractivity (Wildman–Crippen MR) is 47.9 cm³/mol. The van der Waals surface area contributed by atoms with Gasteiger partial charge in [-0.2, -0.15) is 0 Å². The van der Waals surface area contributed by atoms with E-state index in [-0.39, 0.29) is 5.41 Å². The number of rotatable bonds is 0. The molecule has 1 aromatic rings. The number of hydrogen-bond acceptors (Lipinski definition) is 2. The molecule has 0 amide bonds. The SMILES string of the molecule is CC(C)(C)c1oncc1I. The highest BCUT2D eigenvalue weighted by molar-refractivity contribution is 14.1. The molecule has 0 saturated carbocycles. The standard InChI is InChI=1S/C7H10INO/c1-7(2,3)6-5(8)4-9-10-6/h4H,1-3H3. The van der Waals surface area contributed by atoms with Gasteiger partial charge in [-0.1, -0.05) is 25.9 Å². The summed E-state index contributed by atoms with van der Waals surface area (Å²) < 4.78 is 6.17. The molecule has 56 valence electrons. The Morgan fingerprint density at radius 2 is 2.10 bits per heavy atom. The number of nitrogens with zero attached hydrogens (tertiary/aromatic N) is 1. The summed E-state index contributed by atoms with van der Waals surface area (Å²) in [6.07, 6.45) is 1.74. The average molecular weight is 251 g/mol. The fourth-order valence-corrected chi connectivity index (χ4v) is 1.74. The Morgan fingerprint density at radius 3 is 2.30 bits per heavy atom. The van der Waals surface area contributed by atoms with Crippen LogP contribution < -0.4 is 0 Å². The van der Waals surface area contributed by atoms with E-state index < -0.39 is 0 Å². The largest absolute Gasteiger partial charge is 0.360 e. The topological polar surface area (TPSA) is 26.0 Å². The summed E-state index contributed by atoms with van der Waals surface area (Å²) in [4.78, 5) is 0. The lowest BCUT2D eigenvalue weighted by molar-refractivity contribution is 0.327. The van der Waals surface area contributed by atoms with Gasteiger partial charge in [0.05, 0.1) is 9.77 Å². The minimum atomic E-state index is 0.0764. The molecule has 0 aliphatic heterocycles. The first-order valence-corrected chi connectivity index (χ1v) is 4.20. The van der Waals surface area contributed by atoms with Gasteiger partial charge in [-0.25, -0.2) is 0 Å². The number of halogens is 1. The third-order valence-corrected chi connectivity index (χ3v) is 1.98. The molecule has 0 atom stereocenters. The van der Waals surface area contributed by atoms with Gasteiger partial charge in [-0.05, 0) is 22.6 Å². The Kier molecular flexibility index (Phi) is 2.03. The van der Waals surface area contributed by atoms with Crippen molar-refractivity contribution >= 4 is 22.6 Å². The predicted octanol–water partition coefficient (Wildman–Crippen LogP) is 2.58. The molecule has 0 N–H and O–H groups in total. The summed E-state index contributed by atoms with van der Waals surface area (Å²) in [6, 6.07) is 0. The van der Waals surface area contributed by atoms with Crippen LogP contribution in [-0.4, -0.2) is 5.16 Å². The summed E-state index contributed by atoms with van der Waals surface area (Å²) in [6.45, 7) is 6.32. The van der Waals surface area contributed by atoms with Crippen molar-refractivity contribution in [3.63, 3.8) is 0 Å². The molecule has 3 heteroatoms. The molecule has 0 unspecified atom stereocenters. The second kappa shape index (κ2) is 2.53. The van der Waals surface area contributed by atoms with Crippen molar-refractivity contribution in [1.29, 1.82) is 0 Å². The van der Waals surface area contributed by atoms with Gasteiger partial charge in [0.25, 0.3) is 0 Å². The smallest absolute Gasteiger partial charge is 0.155 e. The maximum atomic E-state index is 5.07. The molecule has 0 saturated heterocycles. The molecule has 2 nitrogen and oxygen atoms in total. The van der Waals surface area contributed by atoms with Crippen molar-refractivity contribution in [2.24, 2.45) is 0 Å². The van der Waals surface area contributed by atoms with Crippen LogP contribution in [0.15, 0.2) is 10.7 Å². The molecular weight excluding hydrogens is 241 g/mol. The van der Waals surface area contributed by atoms with E-state index in [2.05, 4.69) is 48.5 Å². The first-order chi connectivity index (χ1) is 4.52. The van der Waals surface area contributed by atoms with E-state index in [0.717, 1.165) is 9.33 Å². The molecular formula is C7H10INO. The summed E-state index contributed by atoms with van der Waals surface area (Å²) in [5.41, 5.74) is 0.0764. The summed E-state index contributed by atoms with van der Waals surface area (Å²) in [5, 5.41) is 3.71. The molecule has 0 radical (unpaired) electrons. The lowest BCUT2D eigenvalue weighted by Gasteiger charge is -2.13. The first kappa shape index (κ1) is 8.04. The van der Waals surface area contributed by atoms with Crippen molar-refractivity contribution in [1.82, 2.24) is 5.16 Å². The van der Waals surface area contributed by atoms with Gasteiger partial charge in [0.15, 0.2) is 5.76 Å². The minimum Gasteiger partial charge on any atom is -0.360 e. The van der Waals surface area contributed by atoms with Crippen molar-refractivity contribution < 1.29 is 4.52 Å². The lowest BCUT2D eigenvalue weighted by Crippen LogP contribution is -2.10. The first-order valence-electron chi connectivity index (χ1n) is 3.12. The second-order valence-corrected chi connectivity index (χ2v) is 4.42. The molecule has 0 fully saturated rings. The minimum absolute atomic E-state index is 0.0764. The fourth-order valence-electron chi connectivity index (χ4n) is 0.723. The van der Waals surface area contributed by atoms with Crippen LogP contribution in [0.2, 0.25) is 0 Å². The zero-order chi connectivity index (χ0) is 7.78. The quantitative estimate of drug-likeness (QED) is 0.662. The monoisotopic (exact) mass is 251 g/mol. The molecule has 10 heavy (non-hydrogen) atoms. The summed E-state index contributed by atoms with van der Waals surface area (Å²) in [7, 11) is 0. The maximum Gasteiger partial charge on any atom is 0.155 e.